The molecule has 0 unspecified atom stereocenters. The van der Waals surface area contributed by atoms with Crippen LogP contribution in [0.15, 0.2) is 24.3 Å². The maximum Gasteiger partial charge on any atom is 0.224 e. The summed E-state index contributed by atoms with van der Waals surface area (Å²) in [6, 6.07) is 7.87. The zero-order valence-corrected chi connectivity index (χ0v) is 13.0. The van der Waals surface area contributed by atoms with Crippen molar-refractivity contribution in [2.24, 2.45) is 5.73 Å². The summed E-state index contributed by atoms with van der Waals surface area (Å²) in [5.74, 6) is 0.216. The van der Waals surface area contributed by atoms with E-state index in [2.05, 4.69) is 4.90 Å². The highest BCUT2D eigenvalue weighted by Gasteiger charge is 2.36. The van der Waals surface area contributed by atoms with Crippen LogP contribution in [-0.4, -0.2) is 42.5 Å². The summed E-state index contributed by atoms with van der Waals surface area (Å²) in [7, 11) is 0. The first-order valence-corrected chi connectivity index (χ1v) is 8.01. The molecule has 5 heteroatoms. The Hall–Kier alpha value is -1.26. The van der Waals surface area contributed by atoms with Crippen molar-refractivity contribution in [1.82, 2.24) is 4.90 Å². The smallest absolute Gasteiger partial charge is 0.224 e. The standard InChI is InChI=1S/C16H22ClN3O/c17-13-2-4-14(5-3-13)19-8-10-20(11-9-19)15(21)12-16(18)6-1-7-16/h2-5H,1,6-12,18H2. The molecule has 0 radical (unpaired) electrons. The second-order valence-corrected chi connectivity index (χ2v) is 6.67. The van der Waals surface area contributed by atoms with Crippen LogP contribution < -0.4 is 10.6 Å². The molecule has 0 atom stereocenters. The number of piperazine rings is 1. The van der Waals surface area contributed by atoms with Gasteiger partial charge in [-0.1, -0.05) is 11.6 Å². The van der Waals surface area contributed by atoms with E-state index in [1.807, 2.05) is 29.2 Å². The van der Waals surface area contributed by atoms with Crippen LogP contribution in [0.5, 0.6) is 0 Å². The summed E-state index contributed by atoms with van der Waals surface area (Å²) in [5.41, 5.74) is 7.12. The zero-order valence-electron chi connectivity index (χ0n) is 12.2. The maximum atomic E-state index is 12.3. The van der Waals surface area contributed by atoms with Gasteiger partial charge in [0.15, 0.2) is 0 Å². The molecule has 2 fully saturated rings. The molecule has 1 saturated carbocycles. The number of rotatable bonds is 3. The van der Waals surface area contributed by atoms with E-state index >= 15 is 0 Å². The molecule has 21 heavy (non-hydrogen) atoms. The summed E-state index contributed by atoms with van der Waals surface area (Å²) >= 11 is 5.91. The number of halogens is 1. The van der Waals surface area contributed by atoms with Crippen molar-refractivity contribution in [3.8, 4) is 0 Å². The van der Waals surface area contributed by atoms with Gasteiger partial charge in [-0.15, -0.1) is 0 Å². The summed E-state index contributed by atoms with van der Waals surface area (Å²) in [5, 5.41) is 0.751. The van der Waals surface area contributed by atoms with Crippen molar-refractivity contribution < 1.29 is 4.79 Å². The van der Waals surface area contributed by atoms with Gasteiger partial charge in [0.1, 0.15) is 0 Å². The van der Waals surface area contributed by atoms with E-state index in [-0.39, 0.29) is 11.4 Å². The minimum absolute atomic E-state index is 0.216. The quantitative estimate of drug-likeness (QED) is 0.932. The summed E-state index contributed by atoms with van der Waals surface area (Å²) < 4.78 is 0. The molecule has 3 rings (SSSR count). The van der Waals surface area contributed by atoms with Crippen molar-refractivity contribution in [3.63, 3.8) is 0 Å². The number of carbonyl (C=O) groups excluding carboxylic acids is 1. The fourth-order valence-corrected chi connectivity index (χ4v) is 3.21. The minimum atomic E-state index is -0.218. The first-order chi connectivity index (χ1) is 10.1. The lowest BCUT2D eigenvalue weighted by Gasteiger charge is -2.41. The van der Waals surface area contributed by atoms with Gasteiger partial charge < -0.3 is 15.5 Å². The van der Waals surface area contributed by atoms with Gasteiger partial charge in [-0.25, -0.2) is 0 Å². The topological polar surface area (TPSA) is 49.6 Å². The first-order valence-electron chi connectivity index (χ1n) is 7.63. The van der Waals surface area contributed by atoms with Gasteiger partial charge in [-0.05, 0) is 43.5 Å². The lowest BCUT2D eigenvalue weighted by atomic mass is 9.75. The maximum absolute atomic E-state index is 12.3. The predicted molar refractivity (Wildman–Crippen MR) is 85.6 cm³/mol. The Morgan fingerprint density at radius 2 is 1.76 bits per heavy atom. The van der Waals surface area contributed by atoms with E-state index in [4.69, 9.17) is 17.3 Å². The second-order valence-electron chi connectivity index (χ2n) is 6.24. The van der Waals surface area contributed by atoms with Gasteiger partial charge in [0.2, 0.25) is 5.91 Å². The number of amides is 1. The average molecular weight is 308 g/mol. The molecule has 1 aliphatic carbocycles. The van der Waals surface area contributed by atoms with E-state index in [1.54, 1.807) is 0 Å². The lowest BCUT2D eigenvalue weighted by Crippen LogP contribution is -2.54. The Bertz CT molecular complexity index is 505. The van der Waals surface area contributed by atoms with E-state index < -0.39 is 0 Å². The van der Waals surface area contributed by atoms with Crippen molar-refractivity contribution in [3.05, 3.63) is 29.3 Å². The number of benzene rings is 1. The van der Waals surface area contributed by atoms with Gasteiger partial charge >= 0.3 is 0 Å². The van der Waals surface area contributed by atoms with Crippen molar-refractivity contribution in [1.29, 1.82) is 0 Å². The van der Waals surface area contributed by atoms with Crippen molar-refractivity contribution >= 4 is 23.2 Å². The number of nitrogens with zero attached hydrogens (tertiary/aromatic N) is 2. The van der Waals surface area contributed by atoms with Crippen LogP contribution in [-0.2, 0) is 4.79 Å². The van der Waals surface area contributed by atoms with E-state index in [0.29, 0.717) is 6.42 Å². The van der Waals surface area contributed by atoms with Crippen LogP contribution in [0.2, 0.25) is 5.02 Å². The van der Waals surface area contributed by atoms with E-state index in [9.17, 15) is 4.79 Å². The monoisotopic (exact) mass is 307 g/mol. The fraction of sp³-hybridized carbons (Fsp3) is 0.562. The molecule has 114 valence electrons. The molecule has 1 saturated heterocycles. The van der Waals surface area contributed by atoms with Crippen LogP contribution in [0.25, 0.3) is 0 Å². The fourth-order valence-electron chi connectivity index (χ4n) is 3.09. The highest BCUT2D eigenvalue weighted by atomic mass is 35.5. The number of anilines is 1. The van der Waals surface area contributed by atoms with Crippen LogP contribution in [0.4, 0.5) is 5.69 Å². The number of hydrogen-bond donors (Lipinski definition) is 1. The molecule has 4 nitrogen and oxygen atoms in total. The molecule has 1 aromatic rings. The zero-order chi connectivity index (χ0) is 14.9. The normalized spacial score (nSPS) is 21.0. The number of carbonyl (C=O) groups is 1. The van der Waals surface area contributed by atoms with Gasteiger partial charge in [-0.3, -0.25) is 4.79 Å². The van der Waals surface area contributed by atoms with Crippen LogP contribution in [0.1, 0.15) is 25.7 Å². The summed E-state index contributed by atoms with van der Waals surface area (Å²) in [4.78, 5) is 16.6. The number of nitrogens with two attached hydrogens (primary N) is 1. The Morgan fingerprint density at radius 3 is 2.29 bits per heavy atom. The molecular weight excluding hydrogens is 286 g/mol. The third-order valence-corrected chi connectivity index (χ3v) is 4.93. The molecule has 1 aromatic carbocycles. The van der Waals surface area contributed by atoms with Crippen LogP contribution in [0.3, 0.4) is 0 Å². The van der Waals surface area contributed by atoms with Crippen molar-refractivity contribution in [2.75, 3.05) is 31.1 Å². The largest absolute Gasteiger partial charge is 0.368 e. The molecule has 1 heterocycles. The summed E-state index contributed by atoms with van der Waals surface area (Å²) in [6.07, 6.45) is 3.65. The number of hydrogen-bond acceptors (Lipinski definition) is 3. The molecule has 2 N–H and O–H groups in total. The predicted octanol–water partition coefficient (Wildman–Crippen LogP) is 2.26. The highest BCUT2D eigenvalue weighted by Crippen LogP contribution is 2.32. The molecule has 0 spiro atoms. The van der Waals surface area contributed by atoms with Gasteiger partial charge in [0.25, 0.3) is 0 Å². The third-order valence-electron chi connectivity index (χ3n) is 4.68. The van der Waals surface area contributed by atoms with Gasteiger partial charge in [-0.2, -0.15) is 0 Å². The third kappa shape index (κ3) is 3.33. The Labute approximate surface area is 130 Å². The summed E-state index contributed by atoms with van der Waals surface area (Å²) in [6.45, 7) is 3.28. The Kier molecular flexibility index (Phi) is 4.09. The highest BCUT2D eigenvalue weighted by molar-refractivity contribution is 6.30. The van der Waals surface area contributed by atoms with Gasteiger partial charge in [0.05, 0.1) is 0 Å². The lowest BCUT2D eigenvalue weighted by molar-refractivity contribution is -0.133. The Morgan fingerprint density at radius 1 is 1.14 bits per heavy atom. The van der Waals surface area contributed by atoms with Crippen LogP contribution >= 0.6 is 11.6 Å². The minimum Gasteiger partial charge on any atom is -0.368 e. The SMILES string of the molecule is NC1(CC(=O)N2CCN(c3ccc(Cl)cc3)CC2)CCC1. The van der Waals surface area contributed by atoms with E-state index in [1.165, 1.54) is 5.69 Å². The molecular formula is C16H22ClN3O. The Balaban J connectivity index is 1.52. The average Bonchev–Trinajstić information content (AvgIpc) is 2.46. The van der Waals surface area contributed by atoms with Crippen molar-refractivity contribution in [2.45, 2.75) is 31.2 Å². The first kappa shape index (κ1) is 14.7. The molecule has 0 bridgehead atoms. The van der Waals surface area contributed by atoms with Gasteiger partial charge in [0, 0.05) is 48.8 Å². The second kappa shape index (κ2) is 5.85. The van der Waals surface area contributed by atoms with E-state index in [0.717, 1.165) is 50.5 Å². The molecule has 1 amide bonds. The van der Waals surface area contributed by atoms with Crippen LogP contribution in [0, 0.1) is 0 Å². The molecule has 1 aliphatic heterocycles. The molecule has 0 aromatic heterocycles. The molecule has 2 aliphatic rings.